The highest BCUT2D eigenvalue weighted by molar-refractivity contribution is 9.10. The molecule has 0 saturated heterocycles. The molecule has 0 amide bonds. The number of nitrogens with one attached hydrogen (secondary N) is 1. The molecule has 0 aromatic carbocycles. The number of nitro groups is 1. The van der Waals surface area contributed by atoms with Crippen LogP contribution in [0, 0.1) is 21.4 Å². The molecule has 2 aromatic heterocycles. The van der Waals surface area contributed by atoms with Crippen LogP contribution in [0.25, 0.3) is 0 Å². The van der Waals surface area contributed by atoms with E-state index in [0.717, 1.165) is 9.35 Å². The zero-order valence-corrected chi connectivity index (χ0v) is 11.9. The Morgan fingerprint density at radius 3 is 2.95 bits per heavy atom. The minimum Gasteiger partial charge on any atom is -0.365 e. The van der Waals surface area contributed by atoms with E-state index in [4.69, 9.17) is 5.26 Å². The van der Waals surface area contributed by atoms with E-state index < -0.39 is 4.92 Å². The molecule has 2 rings (SSSR count). The predicted octanol–water partition coefficient (Wildman–Crippen LogP) is 3.30. The summed E-state index contributed by atoms with van der Waals surface area (Å²) in [6.45, 7) is 0.548. The molecule has 6 nitrogen and oxygen atoms in total. The van der Waals surface area contributed by atoms with Gasteiger partial charge in [-0.1, -0.05) is 0 Å². The van der Waals surface area contributed by atoms with Crippen LogP contribution in [0.5, 0.6) is 0 Å². The Kier molecular flexibility index (Phi) is 4.09. The topological polar surface area (TPSA) is 91.8 Å². The van der Waals surface area contributed by atoms with E-state index in [9.17, 15) is 10.1 Å². The molecule has 0 aliphatic heterocycles. The zero-order chi connectivity index (χ0) is 13.8. The Labute approximate surface area is 121 Å². The lowest BCUT2D eigenvalue weighted by molar-refractivity contribution is -0.385. The van der Waals surface area contributed by atoms with Crippen molar-refractivity contribution in [3.05, 3.63) is 48.7 Å². The summed E-state index contributed by atoms with van der Waals surface area (Å²) in [6.07, 6.45) is 0. The van der Waals surface area contributed by atoms with Crippen LogP contribution in [0.1, 0.15) is 10.6 Å². The van der Waals surface area contributed by atoms with Gasteiger partial charge in [-0.2, -0.15) is 5.26 Å². The van der Waals surface area contributed by atoms with Crippen molar-refractivity contribution in [3.8, 4) is 6.07 Å². The summed E-state index contributed by atoms with van der Waals surface area (Å²) in [5.74, 6) is 0.437. The van der Waals surface area contributed by atoms with Gasteiger partial charge in [-0.25, -0.2) is 4.98 Å². The first-order valence-corrected chi connectivity index (χ1v) is 6.79. The third kappa shape index (κ3) is 3.27. The maximum absolute atomic E-state index is 10.7. The van der Waals surface area contributed by atoms with Crippen LogP contribution in [0.4, 0.5) is 11.5 Å². The number of hydrogen-bond acceptors (Lipinski definition) is 6. The third-order valence-electron chi connectivity index (χ3n) is 2.24. The molecule has 2 aromatic rings. The van der Waals surface area contributed by atoms with Gasteiger partial charge in [0.25, 0.3) is 0 Å². The van der Waals surface area contributed by atoms with E-state index >= 15 is 0 Å². The van der Waals surface area contributed by atoms with Crippen molar-refractivity contribution in [1.82, 2.24) is 4.98 Å². The number of hydrogen-bond donors (Lipinski definition) is 1. The van der Waals surface area contributed by atoms with Crippen molar-refractivity contribution in [1.29, 1.82) is 5.26 Å². The lowest BCUT2D eigenvalue weighted by Gasteiger charge is -2.04. The molecule has 0 saturated carbocycles. The van der Waals surface area contributed by atoms with E-state index in [0.29, 0.717) is 12.4 Å². The number of nitriles is 1. The summed E-state index contributed by atoms with van der Waals surface area (Å²) in [5.41, 5.74) is -0.478. The number of anilines is 1. The van der Waals surface area contributed by atoms with Crippen LogP contribution in [-0.2, 0) is 6.54 Å². The molecule has 0 unspecified atom stereocenters. The fraction of sp³-hybridized carbons (Fsp3) is 0.0909. The largest absolute Gasteiger partial charge is 0.365 e. The molecule has 0 aliphatic carbocycles. The highest BCUT2D eigenvalue weighted by atomic mass is 79.9. The molecule has 19 heavy (non-hydrogen) atoms. The Morgan fingerprint density at radius 2 is 2.37 bits per heavy atom. The second kappa shape index (κ2) is 5.77. The number of halogens is 1. The molecular formula is C11H7BrN4O2S. The van der Waals surface area contributed by atoms with Crippen LogP contribution in [-0.4, -0.2) is 9.91 Å². The van der Waals surface area contributed by atoms with E-state index in [1.54, 1.807) is 17.4 Å². The number of nitrogens with zero attached hydrogens (tertiary/aromatic N) is 3. The van der Waals surface area contributed by atoms with E-state index in [-0.39, 0.29) is 11.4 Å². The number of rotatable bonds is 4. The van der Waals surface area contributed by atoms with Crippen molar-refractivity contribution in [2.45, 2.75) is 6.54 Å². The second-order valence-electron chi connectivity index (χ2n) is 3.52. The zero-order valence-electron chi connectivity index (χ0n) is 9.46. The van der Waals surface area contributed by atoms with Gasteiger partial charge in [0, 0.05) is 20.8 Å². The number of thiophene rings is 1. The summed E-state index contributed by atoms with van der Waals surface area (Å²) >= 11 is 4.93. The van der Waals surface area contributed by atoms with Crippen LogP contribution in [0.2, 0.25) is 0 Å². The summed E-state index contributed by atoms with van der Waals surface area (Å²) < 4.78 is 1.00. The lowest BCUT2D eigenvalue weighted by atomic mass is 10.3. The predicted molar refractivity (Wildman–Crippen MR) is 75.0 cm³/mol. The fourth-order valence-electron chi connectivity index (χ4n) is 1.40. The normalized spacial score (nSPS) is 9.89. The summed E-state index contributed by atoms with van der Waals surface area (Å²) in [7, 11) is 0. The third-order valence-corrected chi connectivity index (χ3v) is 3.94. The van der Waals surface area contributed by atoms with Crippen molar-refractivity contribution >= 4 is 38.8 Å². The Bertz CT molecular complexity index is 665. The summed E-state index contributed by atoms with van der Waals surface area (Å²) in [6, 6.07) is 6.45. The van der Waals surface area contributed by atoms with Crippen LogP contribution < -0.4 is 5.32 Å². The average Bonchev–Trinajstić information content (AvgIpc) is 2.81. The Hall–Kier alpha value is -1.98. The van der Waals surface area contributed by atoms with Gasteiger partial charge in [-0.05, 0) is 28.1 Å². The first kappa shape index (κ1) is 13.5. The highest BCUT2D eigenvalue weighted by Crippen LogP contribution is 2.22. The first-order chi connectivity index (χ1) is 9.10. The summed E-state index contributed by atoms with van der Waals surface area (Å²) in [5, 5.41) is 24.5. The molecule has 96 valence electrons. The molecule has 0 atom stereocenters. The molecule has 0 bridgehead atoms. The Morgan fingerprint density at radius 1 is 1.58 bits per heavy atom. The van der Waals surface area contributed by atoms with Crippen molar-refractivity contribution in [2.24, 2.45) is 0 Å². The van der Waals surface area contributed by atoms with E-state index in [1.165, 1.54) is 12.1 Å². The van der Waals surface area contributed by atoms with Gasteiger partial charge in [-0.3, -0.25) is 10.1 Å². The van der Waals surface area contributed by atoms with Gasteiger partial charge in [0.05, 0.1) is 11.5 Å². The standard InChI is InChI=1S/C11H7BrN4O2S/c12-7-3-8(19-6-7)5-14-11-2-1-10(16(17)18)9(4-13)15-11/h1-3,6H,5H2,(H,14,15). The summed E-state index contributed by atoms with van der Waals surface area (Å²) in [4.78, 5) is 15.0. The van der Waals surface area contributed by atoms with Gasteiger partial charge in [0.15, 0.2) is 0 Å². The van der Waals surface area contributed by atoms with Crippen molar-refractivity contribution in [3.63, 3.8) is 0 Å². The molecule has 2 heterocycles. The second-order valence-corrected chi connectivity index (χ2v) is 5.43. The molecule has 0 fully saturated rings. The van der Waals surface area contributed by atoms with E-state index in [2.05, 4.69) is 26.2 Å². The van der Waals surface area contributed by atoms with Crippen LogP contribution in [0.15, 0.2) is 28.1 Å². The minimum atomic E-state index is -0.619. The smallest absolute Gasteiger partial charge is 0.305 e. The average molecular weight is 339 g/mol. The quantitative estimate of drug-likeness (QED) is 0.682. The van der Waals surface area contributed by atoms with Gasteiger partial charge in [-0.15, -0.1) is 11.3 Å². The van der Waals surface area contributed by atoms with Crippen LogP contribution >= 0.6 is 27.3 Å². The Balaban J connectivity index is 2.14. The fourth-order valence-corrected chi connectivity index (χ4v) is 2.79. The highest BCUT2D eigenvalue weighted by Gasteiger charge is 2.15. The molecule has 1 N–H and O–H groups in total. The molecule has 0 radical (unpaired) electrons. The van der Waals surface area contributed by atoms with Crippen LogP contribution in [0.3, 0.4) is 0 Å². The van der Waals surface area contributed by atoms with Crippen molar-refractivity contribution < 1.29 is 4.92 Å². The monoisotopic (exact) mass is 338 g/mol. The number of pyridine rings is 1. The van der Waals surface area contributed by atoms with Gasteiger partial charge >= 0.3 is 5.69 Å². The molecule has 8 heteroatoms. The lowest BCUT2D eigenvalue weighted by Crippen LogP contribution is -2.02. The molecular weight excluding hydrogens is 332 g/mol. The maximum Gasteiger partial charge on any atom is 0.305 e. The number of aromatic nitrogens is 1. The SMILES string of the molecule is N#Cc1nc(NCc2cc(Br)cs2)ccc1[N+](=O)[O-]. The minimum absolute atomic E-state index is 0.192. The molecule has 0 spiro atoms. The van der Waals surface area contributed by atoms with Crippen molar-refractivity contribution in [2.75, 3.05) is 5.32 Å². The molecule has 0 aliphatic rings. The van der Waals surface area contributed by atoms with Gasteiger partial charge in [0.1, 0.15) is 11.9 Å². The maximum atomic E-state index is 10.7. The van der Waals surface area contributed by atoms with E-state index in [1.807, 2.05) is 11.4 Å². The van der Waals surface area contributed by atoms with Gasteiger partial charge < -0.3 is 5.32 Å². The first-order valence-electron chi connectivity index (χ1n) is 5.12. The van der Waals surface area contributed by atoms with Gasteiger partial charge in [0.2, 0.25) is 5.69 Å².